The summed E-state index contributed by atoms with van der Waals surface area (Å²) in [5.74, 6) is 0.403. The molecule has 0 aliphatic heterocycles. The van der Waals surface area contributed by atoms with Crippen LogP contribution < -0.4 is 0 Å². The molecule has 66 valence electrons. The molecule has 0 rings (SSSR count). The third-order valence-corrected chi connectivity index (χ3v) is 1.68. The Bertz CT molecular complexity index is 110. The molecule has 0 aromatic carbocycles. The van der Waals surface area contributed by atoms with E-state index in [2.05, 4.69) is 13.8 Å². The van der Waals surface area contributed by atoms with Crippen molar-refractivity contribution < 1.29 is 9.53 Å². The fraction of sp³-hybridized carbons (Fsp3) is 0.889. The highest BCUT2D eigenvalue weighted by molar-refractivity contribution is 5.69. The number of hydrogen-bond acceptors (Lipinski definition) is 2. The van der Waals surface area contributed by atoms with Crippen LogP contribution in [0.5, 0.6) is 0 Å². The number of carbonyl (C=O) groups excluding carboxylic acids is 1. The standard InChI is InChI=1S/C9H18O2/c1-4-6-11-9(10)7-8(3)5-2/h8H,4-7H2,1-3H3. The molecule has 0 heterocycles. The maximum Gasteiger partial charge on any atom is 0.306 e. The minimum Gasteiger partial charge on any atom is -0.466 e. The molecule has 1 atom stereocenters. The van der Waals surface area contributed by atoms with Gasteiger partial charge in [-0.2, -0.15) is 0 Å². The molecule has 0 N–H and O–H groups in total. The Morgan fingerprint density at radius 1 is 1.45 bits per heavy atom. The van der Waals surface area contributed by atoms with Gasteiger partial charge in [-0.15, -0.1) is 0 Å². The van der Waals surface area contributed by atoms with Crippen LogP contribution in [0.15, 0.2) is 0 Å². The zero-order valence-corrected chi connectivity index (χ0v) is 7.72. The first-order valence-electron chi connectivity index (χ1n) is 4.36. The summed E-state index contributed by atoms with van der Waals surface area (Å²) in [6, 6.07) is 0. The van der Waals surface area contributed by atoms with Crippen molar-refractivity contribution in [3.63, 3.8) is 0 Å². The molecular weight excluding hydrogens is 140 g/mol. The van der Waals surface area contributed by atoms with E-state index in [0.717, 1.165) is 12.8 Å². The fourth-order valence-electron chi connectivity index (χ4n) is 0.704. The first-order valence-corrected chi connectivity index (χ1v) is 4.36. The number of ether oxygens (including phenoxy) is 1. The topological polar surface area (TPSA) is 26.3 Å². The van der Waals surface area contributed by atoms with Gasteiger partial charge in [-0.05, 0) is 12.3 Å². The van der Waals surface area contributed by atoms with E-state index in [1.807, 2.05) is 6.92 Å². The molecule has 0 aliphatic rings. The number of rotatable bonds is 5. The van der Waals surface area contributed by atoms with E-state index in [0.29, 0.717) is 18.9 Å². The summed E-state index contributed by atoms with van der Waals surface area (Å²) in [6.07, 6.45) is 2.52. The van der Waals surface area contributed by atoms with E-state index >= 15 is 0 Å². The molecule has 0 bridgehead atoms. The first-order chi connectivity index (χ1) is 5.20. The van der Waals surface area contributed by atoms with Gasteiger partial charge in [-0.25, -0.2) is 0 Å². The van der Waals surface area contributed by atoms with Crippen molar-refractivity contribution in [3.05, 3.63) is 0 Å². The van der Waals surface area contributed by atoms with Gasteiger partial charge in [0.15, 0.2) is 0 Å². The molecule has 2 nitrogen and oxygen atoms in total. The molecule has 0 saturated heterocycles. The van der Waals surface area contributed by atoms with Crippen LogP contribution in [0.1, 0.15) is 40.0 Å². The zero-order chi connectivity index (χ0) is 8.69. The third-order valence-electron chi connectivity index (χ3n) is 1.68. The molecule has 2 heteroatoms. The van der Waals surface area contributed by atoms with Gasteiger partial charge in [0.05, 0.1) is 6.61 Å². The second-order valence-electron chi connectivity index (χ2n) is 2.94. The van der Waals surface area contributed by atoms with Crippen molar-refractivity contribution >= 4 is 5.97 Å². The van der Waals surface area contributed by atoms with Gasteiger partial charge in [0.2, 0.25) is 0 Å². The maximum absolute atomic E-state index is 10.9. The molecular formula is C9H18O2. The van der Waals surface area contributed by atoms with Gasteiger partial charge in [-0.3, -0.25) is 4.79 Å². The largest absolute Gasteiger partial charge is 0.466 e. The number of carbonyl (C=O) groups is 1. The molecule has 0 spiro atoms. The van der Waals surface area contributed by atoms with Gasteiger partial charge in [0.1, 0.15) is 0 Å². The monoisotopic (exact) mass is 158 g/mol. The SMILES string of the molecule is CCCOC(=O)CC(C)CC. The van der Waals surface area contributed by atoms with E-state index in [4.69, 9.17) is 4.74 Å². The lowest BCUT2D eigenvalue weighted by atomic mass is 10.1. The van der Waals surface area contributed by atoms with Crippen molar-refractivity contribution in [2.24, 2.45) is 5.92 Å². The van der Waals surface area contributed by atoms with Crippen LogP contribution in [0.2, 0.25) is 0 Å². The lowest BCUT2D eigenvalue weighted by molar-refractivity contribution is -0.144. The van der Waals surface area contributed by atoms with E-state index in [9.17, 15) is 4.79 Å². The maximum atomic E-state index is 10.9. The molecule has 11 heavy (non-hydrogen) atoms. The molecule has 1 unspecified atom stereocenters. The van der Waals surface area contributed by atoms with Gasteiger partial charge in [-0.1, -0.05) is 27.2 Å². The molecule has 0 radical (unpaired) electrons. The van der Waals surface area contributed by atoms with Crippen LogP contribution in [0, 0.1) is 5.92 Å². The van der Waals surface area contributed by atoms with Crippen molar-refractivity contribution in [3.8, 4) is 0 Å². The predicted molar refractivity (Wildman–Crippen MR) is 45.3 cm³/mol. The van der Waals surface area contributed by atoms with E-state index < -0.39 is 0 Å². The fourth-order valence-corrected chi connectivity index (χ4v) is 0.704. The molecule has 0 aliphatic carbocycles. The summed E-state index contributed by atoms with van der Waals surface area (Å²) in [4.78, 5) is 10.9. The Balaban J connectivity index is 3.36. The molecule has 0 saturated carbocycles. The highest BCUT2D eigenvalue weighted by atomic mass is 16.5. The van der Waals surface area contributed by atoms with Crippen LogP contribution in [0.3, 0.4) is 0 Å². The number of esters is 1. The summed E-state index contributed by atoms with van der Waals surface area (Å²) in [7, 11) is 0. The van der Waals surface area contributed by atoms with Crippen molar-refractivity contribution in [1.82, 2.24) is 0 Å². The quantitative estimate of drug-likeness (QED) is 0.574. The second-order valence-corrected chi connectivity index (χ2v) is 2.94. The van der Waals surface area contributed by atoms with E-state index in [1.165, 1.54) is 0 Å². The predicted octanol–water partition coefficient (Wildman–Crippen LogP) is 2.38. The molecule has 0 amide bonds. The Kier molecular flexibility index (Phi) is 5.90. The van der Waals surface area contributed by atoms with Crippen molar-refractivity contribution in [2.45, 2.75) is 40.0 Å². The van der Waals surface area contributed by atoms with Gasteiger partial charge in [0, 0.05) is 6.42 Å². The van der Waals surface area contributed by atoms with E-state index in [-0.39, 0.29) is 5.97 Å². The summed E-state index contributed by atoms with van der Waals surface area (Å²) in [6.45, 7) is 6.71. The van der Waals surface area contributed by atoms with Crippen molar-refractivity contribution in [1.29, 1.82) is 0 Å². The lowest BCUT2D eigenvalue weighted by Gasteiger charge is -2.07. The highest BCUT2D eigenvalue weighted by Gasteiger charge is 2.06. The van der Waals surface area contributed by atoms with Gasteiger partial charge >= 0.3 is 5.97 Å². The average molecular weight is 158 g/mol. The molecule has 0 aromatic rings. The minimum absolute atomic E-state index is 0.0544. The Morgan fingerprint density at radius 3 is 2.55 bits per heavy atom. The Hall–Kier alpha value is -0.530. The van der Waals surface area contributed by atoms with Crippen LogP contribution in [-0.4, -0.2) is 12.6 Å². The van der Waals surface area contributed by atoms with Crippen LogP contribution in [0.4, 0.5) is 0 Å². The summed E-state index contributed by atoms with van der Waals surface area (Å²) >= 11 is 0. The third kappa shape index (κ3) is 5.89. The molecule has 0 aromatic heterocycles. The van der Waals surface area contributed by atoms with Crippen LogP contribution in [-0.2, 0) is 9.53 Å². The normalized spacial score (nSPS) is 12.6. The minimum atomic E-state index is -0.0544. The Morgan fingerprint density at radius 2 is 2.09 bits per heavy atom. The van der Waals surface area contributed by atoms with Crippen LogP contribution >= 0.6 is 0 Å². The first kappa shape index (κ1) is 10.5. The van der Waals surface area contributed by atoms with Gasteiger partial charge in [0.25, 0.3) is 0 Å². The lowest BCUT2D eigenvalue weighted by Crippen LogP contribution is -2.09. The van der Waals surface area contributed by atoms with Crippen molar-refractivity contribution in [2.75, 3.05) is 6.61 Å². The zero-order valence-electron chi connectivity index (χ0n) is 7.72. The summed E-state index contributed by atoms with van der Waals surface area (Å²) in [5, 5.41) is 0. The van der Waals surface area contributed by atoms with Gasteiger partial charge < -0.3 is 4.74 Å². The van der Waals surface area contributed by atoms with E-state index in [1.54, 1.807) is 0 Å². The van der Waals surface area contributed by atoms with Crippen LogP contribution in [0.25, 0.3) is 0 Å². The second kappa shape index (κ2) is 6.20. The summed E-state index contributed by atoms with van der Waals surface area (Å²) in [5.41, 5.74) is 0. The average Bonchev–Trinajstić information content (AvgIpc) is 2.00. The summed E-state index contributed by atoms with van der Waals surface area (Å²) < 4.78 is 4.92. The smallest absolute Gasteiger partial charge is 0.306 e. The highest BCUT2D eigenvalue weighted by Crippen LogP contribution is 2.06. The Labute approximate surface area is 68.9 Å². The number of hydrogen-bond donors (Lipinski definition) is 0. The molecule has 0 fully saturated rings.